The smallest absolute Gasteiger partial charge is 0.279 e. The molecular formula is C22H28N3O2+. The second-order valence-electron chi connectivity index (χ2n) is 7.60. The summed E-state index contributed by atoms with van der Waals surface area (Å²) in [7, 11) is 0. The van der Waals surface area contributed by atoms with E-state index in [1.165, 1.54) is 11.1 Å². The van der Waals surface area contributed by atoms with E-state index in [0.717, 1.165) is 17.8 Å². The summed E-state index contributed by atoms with van der Waals surface area (Å²) < 4.78 is 0. The van der Waals surface area contributed by atoms with Gasteiger partial charge in [-0.05, 0) is 30.5 Å². The summed E-state index contributed by atoms with van der Waals surface area (Å²) in [5.74, 6) is -0.268. The van der Waals surface area contributed by atoms with E-state index in [1.807, 2.05) is 62.5 Å². The first kappa shape index (κ1) is 19.1. The Balaban J connectivity index is 1.64. The van der Waals surface area contributed by atoms with Gasteiger partial charge in [-0.25, -0.2) is 0 Å². The van der Waals surface area contributed by atoms with Crippen molar-refractivity contribution in [2.45, 2.75) is 45.8 Å². The predicted molar refractivity (Wildman–Crippen MR) is 106 cm³/mol. The van der Waals surface area contributed by atoms with Gasteiger partial charge in [-0.3, -0.25) is 9.59 Å². The van der Waals surface area contributed by atoms with Crippen LogP contribution < -0.4 is 16.0 Å². The minimum atomic E-state index is -0.565. The number of benzene rings is 2. The molecule has 0 unspecified atom stereocenters. The summed E-state index contributed by atoms with van der Waals surface area (Å²) in [5.41, 5.74) is 4.36. The average molecular weight is 366 g/mol. The fourth-order valence-corrected chi connectivity index (χ4v) is 3.40. The predicted octanol–water partition coefficient (Wildman–Crippen LogP) is 1.76. The molecule has 4 N–H and O–H groups in total. The van der Waals surface area contributed by atoms with Gasteiger partial charge in [0.05, 0.1) is 0 Å². The molecule has 2 aromatic rings. The van der Waals surface area contributed by atoms with Gasteiger partial charge in [-0.1, -0.05) is 55.8 Å². The molecule has 142 valence electrons. The van der Waals surface area contributed by atoms with Crippen molar-refractivity contribution in [1.29, 1.82) is 0 Å². The van der Waals surface area contributed by atoms with Gasteiger partial charge in [-0.2, -0.15) is 0 Å². The third kappa shape index (κ3) is 4.74. The van der Waals surface area contributed by atoms with Crippen LogP contribution in [0.3, 0.4) is 0 Å². The fraction of sp³-hybridized carbons (Fsp3) is 0.364. The number of rotatable bonds is 5. The lowest BCUT2D eigenvalue weighted by molar-refractivity contribution is -0.695. The van der Waals surface area contributed by atoms with Gasteiger partial charge in [0.25, 0.3) is 5.91 Å². The number of carbonyl (C=O) groups is 2. The van der Waals surface area contributed by atoms with Crippen LogP contribution in [0.1, 0.15) is 30.5 Å². The minimum Gasteiger partial charge on any atom is -0.339 e. The first-order chi connectivity index (χ1) is 12.9. The highest BCUT2D eigenvalue weighted by Gasteiger charge is 2.32. The Labute approximate surface area is 160 Å². The van der Waals surface area contributed by atoms with E-state index in [0.29, 0.717) is 6.42 Å². The number of fused-ring (bicyclic) bond motifs is 1. The highest BCUT2D eigenvalue weighted by atomic mass is 16.2. The van der Waals surface area contributed by atoms with Crippen LogP contribution in [0.5, 0.6) is 0 Å². The molecule has 2 aromatic carbocycles. The van der Waals surface area contributed by atoms with Gasteiger partial charge in [-0.15, -0.1) is 0 Å². The second-order valence-corrected chi connectivity index (χ2v) is 7.60. The molecule has 1 aliphatic heterocycles. The topological polar surface area (TPSA) is 74.8 Å². The van der Waals surface area contributed by atoms with Gasteiger partial charge in [0.15, 0.2) is 6.04 Å². The number of hydrogen-bond acceptors (Lipinski definition) is 2. The molecule has 0 bridgehead atoms. The van der Waals surface area contributed by atoms with Crippen LogP contribution in [-0.4, -0.2) is 23.9 Å². The van der Waals surface area contributed by atoms with Crippen LogP contribution >= 0.6 is 0 Å². The molecule has 1 aliphatic rings. The van der Waals surface area contributed by atoms with E-state index in [-0.39, 0.29) is 23.8 Å². The summed E-state index contributed by atoms with van der Waals surface area (Å²) in [6.07, 6.45) is 0.687. The Morgan fingerprint density at radius 1 is 1.04 bits per heavy atom. The SMILES string of the molecule is Cc1ccc(NC(=O)[C@@H](NC(=O)[C@@H]2Cc3ccccc3C[NH2+]2)C(C)C)cc1. The average Bonchev–Trinajstić information content (AvgIpc) is 2.67. The van der Waals surface area contributed by atoms with Crippen molar-refractivity contribution in [3.05, 3.63) is 65.2 Å². The van der Waals surface area contributed by atoms with E-state index in [4.69, 9.17) is 0 Å². The summed E-state index contributed by atoms with van der Waals surface area (Å²) in [5, 5.41) is 7.93. The highest BCUT2D eigenvalue weighted by molar-refractivity contribution is 5.97. The quantitative estimate of drug-likeness (QED) is 0.754. The van der Waals surface area contributed by atoms with Crippen molar-refractivity contribution in [3.8, 4) is 0 Å². The van der Waals surface area contributed by atoms with Gasteiger partial charge in [0, 0.05) is 17.7 Å². The maximum atomic E-state index is 12.8. The molecule has 0 saturated carbocycles. The largest absolute Gasteiger partial charge is 0.339 e. The molecule has 2 amide bonds. The summed E-state index contributed by atoms with van der Waals surface area (Å²) in [4.78, 5) is 25.5. The minimum absolute atomic E-state index is 0.00437. The number of nitrogens with two attached hydrogens (primary N) is 1. The lowest BCUT2D eigenvalue weighted by atomic mass is 9.94. The number of quaternary nitrogens is 1. The number of amides is 2. The van der Waals surface area contributed by atoms with Crippen LogP contribution in [0, 0.1) is 12.8 Å². The third-order valence-corrected chi connectivity index (χ3v) is 5.08. The summed E-state index contributed by atoms with van der Waals surface area (Å²) in [6, 6.07) is 15.1. The number of carbonyl (C=O) groups excluding carboxylic acids is 2. The van der Waals surface area contributed by atoms with Crippen LogP contribution in [-0.2, 0) is 22.6 Å². The summed E-state index contributed by atoms with van der Waals surface area (Å²) >= 11 is 0. The number of hydrogen-bond donors (Lipinski definition) is 3. The lowest BCUT2D eigenvalue weighted by Gasteiger charge is -2.26. The monoisotopic (exact) mass is 366 g/mol. The Morgan fingerprint density at radius 2 is 1.70 bits per heavy atom. The molecule has 5 nitrogen and oxygen atoms in total. The maximum absolute atomic E-state index is 12.8. The third-order valence-electron chi connectivity index (χ3n) is 5.08. The summed E-state index contributed by atoms with van der Waals surface area (Å²) in [6.45, 7) is 6.68. The molecule has 3 rings (SSSR count). The van der Waals surface area contributed by atoms with Crippen molar-refractivity contribution < 1.29 is 14.9 Å². The molecule has 0 radical (unpaired) electrons. The van der Waals surface area contributed by atoms with Crippen molar-refractivity contribution in [2.24, 2.45) is 5.92 Å². The molecule has 1 heterocycles. The van der Waals surface area contributed by atoms with E-state index in [1.54, 1.807) is 0 Å². The van der Waals surface area contributed by atoms with E-state index < -0.39 is 6.04 Å². The Kier molecular flexibility index (Phi) is 5.91. The van der Waals surface area contributed by atoms with Crippen molar-refractivity contribution in [2.75, 3.05) is 5.32 Å². The van der Waals surface area contributed by atoms with E-state index in [9.17, 15) is 9.59 Å². The normalized spacial score (nSPS) is 17.1. The van der Waals surface area contributed by atoms with Crippen molar-refractivity contribution in [1.82, 2.24) is 5.32 Å². The first-order valence-corrected chi connectivity index (χ1v) is 9.52. The van der Waals surface area contributed by atoms with E-state index >= 15 is 0 Å². The van der Waals surface area contributed by atoms with Crippen LogP contribution in [0.15, 0.2) is 48.5 Å². The first-order valence-electron chi connectivity index (χ1n) is 9.52. The maximum Gasteiger partial charge on any atom is 0.279 e. The molecule has 0 spiro atoms. The van der Waals surface area contributed by atoms with Gasteiger partial charge >= 0.3 is 0 Å². The Bertz CT molecular complexity index is 815. The highest BCUT2D eigenvalue weighted by Crippen LogP contribution is 2.14. The zero-order valence-corrected chi connectivity index (χ0v) is 16.2. The Morgan fingerprint density at radius 3 is 2.37 bits per heavy atom. The van der Waals surface area contributed by atoms with Gasteiger partial charge in [0.1, 0.15) is 12.6 Å². The molecule has 0 aliphatic carbocycles. The van der Waals surface area contributed by atoms with E-state index in [2.05, 4.69) is 22.8 Å². The lowest BCUT2D eigenvalue weighted by Crippen LogP contribution is -2.93. The molecule has 5 heteroatoms. The fourth-order valence-electron chi connectivity index (χ4n) is 3.40. The molecule has 0 aromatic heterocycles. The zero-order chi connectivity index (χ0) is 19.4. The van der Waals surface area contributed by atoms with Crippen molar-refractivity contribution >= 4 is 17.5 Å². The second kappa shape index (κ2) is 8.35. The number of aryl methyl sites for hydroxylation is 1. The van der Waals surface area contributed by atoms with Gasteiger partial charge < -0.3 is 16.0 Å². The number of nitrogens with one attached hydrogen (secondary N) is 2. The standard InChI is InChI=1S/C22H27N3O2/c1-14(2)20(22(27)24-18-10-8-15(3)9-11-18)25-21(26)19-12-16-6-4-5-7-17(16)13-23-19/h4-11,14,19-20,23H,12-13H2,1-3H3,(H,24,27)(H,25,26)/p+1/t19-,20-/m0/s1. The van der Waals surface area contributed by atoms with Crippen LogP contribution in [0.25, 0.3) is 0 Å². The van der Waals surface area contributed by atoms with Gasteiger partial charge in [0.2, 0.25) is 5.91 Å². The molecule has 0 saturated heterocycles. The molecule has 2 atom stereocenters. The molecule has 27 heavy (non-hydrogen) atoms. The van der Waals surface area contributed by atoms with Crippen molar-refractivity contribution in [3.63, 3.8) is 0 Å². The zero-order valence-electron chi connectivity index (χ0n) is 16.2. The number of anilines is 1. The molecule has 0 fully saturated rings. The van der Waals surface area contributed by atoms with Crippen LogP contribution in [0.4, 0.5) is 5.69 Å². The van der Waals surface area contributed by atoms with Crippen LogP contribution in [0.2, 0.25) is 0 Å². The Hall–Kier alpha value is -2.66. The molecular weight excluding hydrogens is 338 g/mol.